The lowest BCUT2D eigenvalue weighted by Crippen LogP contribution is -2.24. The number of carbonyl (C=O) groups excluding carboxylic acids is 1. The monoisotopic (exact) mass is 181 g/mol. The van der Waals surface area contributed by atoms with Gasteiger partial charge in [0.1, 0.15) is 0 Å². The number of carbonyl (C=O) groups is 1. The molecule has 0 N–H and O–H groups in total. The van der Waals surface area contributed by atoms with Gasteiger partial charge >= 0.3 is 0 Å². The minimum absolute atomic E-state index is 0.256. The first-order valence-electron chi connectivity index (χ1n) is 5.20. The van der Waals surface area contributed by atoms with Crippen LogP contribution in [0.1, 0.15) is 39.0 Å². The number of hydrogen-bond donors (Lipinski definition) is 0. The second-order valence-corrected chi connectivity index (χ2v) is 3.77. The Labute approximate surface area is 80.6 Å². The average Bonchev–Trinajstić information content (AvgIpc) is 2.28. The Hall–Kier alpha value is -0.790. The Kier molecular flexibility index (Phi) is 4.00. The van der Waals surface area contributed by atoms with Crippen LogP contribution in [0.3, 0.4) is 0 Å². The largest absolute Gasteiger partial charge is 0.320 e. The van der Waals surface area contributed by atoms with Crippen LogP contribution < -0.4 is 0 Å². The fraction of sp³-hybridized carbons (Fsp3) is 0.727. The van der Waals surface area contributed by atoms with Crippen molar-refractivity contribution in [2.45, 2.75) is 39.0 Å². The molecule has 0 aromatic rings. The van der Waals surface area contributed by atoms with Gasteiger partial charge in [-0.3, -0.25) is 4.79 Å². The van der Waals surface area contributed by atoms with Crippen LogP contribution in [0.5, 0.6) is 0 Å². The highest BCUT2D eigenvalue weighted by Crippen LogP contribution is 2.22. The summed E-state index contributed by atoms with van der Waals surface area (Å²) in [5.41, 5.74) is 0. The smallest absolute Gasteiger partial charge is 0.226 e. The normalized spacial score (nSPS) is 24.2. The van der Waals surface area contributed by atoms with Gasteiger partial charge in [0.25, 0.3) is 0 Å². The maximum absolute atomic E-state index is 11.6. The summed E-state index contributed by atoms with van der Waals surface area (Å²) < 4.78 is 0. The number of likely N-dealkylation sites (tertiary alicyclic amines) is 1. The topological polar surface area (TPSA) is 20.3 Å². The quantitative estimate of drug-likeness (QED) is 0.655. The molecule has 13 heavy (non-hydrogen) atoms. The molecule has 0 bridgehead atoms. The van der Waals surface area contributed by atoms with Crippen molar-refractivity contribution < 1.29 is 4.79 Å². The van der Waals surface area contributed by atoms with Crippen LogP contribution in [-0.2, 0) is 4.79 Å². The molecule has 1 saturated heterocycles. The molecular formula is C11H19NO. The van der Waals surface area contributed by atoms with Gasteiger partial charge in [-0.15, -0.1) is 0 Å². The van der Waals surface area contributed by atoms with Gasteiger partial charge in [-0.05, 0) is 25.0 Å². The average molecular weight is 181 g/mol. The molecule has 2 heteroatoms. The van der Waals surface area contributed by atoms with Crippen molar-refractivity contribution in [1.82, 2.24) is 4.90 Å². The van der Waals surface area contributed by atoms with E-state index in [1.54, 1.807) is 11.1 Å². The van der Waals surface area contributed by atoms with Crippen molar-refractivity contribution in [2.24, 2.45) is 5.92 Å². The summed E-state index contributed by atoms with van der Waals surface area (Å²) >= 11 is 0. The van der Waals surface area contributed by atoms with Gasteiger partial charge in [0.2, 0.25) is 5.91 Å². The van der Waals surface area contributed by atoms with Gasteiger partial charge in [-0.1, -0.05) is 26.3 Å². The Morgan fingerprint density at radius 3 is 3.08 bits per heavy atom. The minimum atomic E-state index is 0.256. The lowest BCUT2D eigenvalue weighted by Gasteiger charge is -2.14. The lowest BCUT2D eigenvalue weighted by atomic mass is 9.95. The van der Waals surface area contributed by atoms with E-state index in [0.717, 1.165) is 19.4 Å². The zero-order valence-corrected chi connectivity index (χ0v) is 8.46. The third-order valence-electron chi connectivity index (χ3n) is 2.71. The molecule has 0 saturated carbocycles. The summed E-state index contributed by atoms with van der Waals surface area (Å²) in [6.45, 7) is 6.70. The Balaban J connectivity index is 2.50. The third-order valence-corrected chi connectivity index (χ3v) is 2.71. The second-order valence-electron chi connectivity index (χ2n) is 3.77. The van der Waals surface area contributed by atoms with Gasteiger partial charge in [-0.25, -0.2) is 0 Å². The van der Waals surface area contributed by atoms with Gasteiger partial charge in [0.15, 0.2) is 0 Å². The van der Waals surface area contributed by atoms with E-state index >= 15 is 0 Å². The SMILES string of the molecule is C=CN1CCCC(CCC)CC1=O. The van der Waals surface area contributed by atoms with Gasteiger partial charge in [-0.2, -0.15) is 0 Å². The molecule has 74 valence electrons. The zero-order valence-electron chi connectivity index (χ0n) is 8.46. The van der Waals surface area contributed by atoms with Crippen LogP contribution in [0.4, 0.5) is 0 Å². The van der Waals surface area contributed by atoms with Crippen molar-refractivity contribution >= 4 is 5.91 Å². The summed E-state index contributed by atoms with van der Waals surface area (Å²) in [7, 11) is 0. The summed E-state index contributed by atoms with van der Waals surface area (Å²) in [6, 6.07) is 0. The minimum Gasteiger partial charge on any atom is -0.320 e. The van der Waals surface area contributed by atoms with Crippen molar-refractivity contribution in [1.29, 1.82) is 0 Å². The van der Waals surface area contributed by atoms with E-state index in [-0.39, 0.29) is 5.91 Å². The van der Waals surface area contributed by atoms with Crippen LogP contribution >= 0.6 is 0 Å². The molecule has 1 atom stereocenters. The zero-order chi connectivity index (χ0) is 9.68. The Bertz CT molecular complexity index is 189. The van der Waals surface area contributed by atoms with E-state index in [1.165, 1.54) is 19.3 Å². The molecule has 0 radical (unpaired) electrons. The highest BCUT2D eigenvalue weighted by Gasteiger charge is 2.20. The fourth-order valence-corrected chi connectivity index (χ4v) is 1.99. The highest BCUT2D eigenvalue weighted by atomic mass is 16.2. The molecule has 1 heterocycles. The number of hydrogen-bond acceptors (Lipinski definition) is 1. The number of rotatable bonds is 3. The van der Waals surface area contributed by atoms with Gasteiger partial charge in [0.05, 0.1) is 0 Å². The first-order chi connectivity index (χ1) is 6.27. The highest BCUT2D eigenvalue weighted by molar-refractivity contribution is 5.77. The molecular weight excluding hydrogens is 162 g/mol. The molecule has 2 nitrogen and oxygen atoms in total. The molecule has 0 aromatic carbocycles. The second kappa shape index (κ2) is 5.05. The maximum atomic E-state index is 11.6. The summed E-state index contributed by atoms with van der Waals surface area (Å²) in [6.07, 6.45) is 7.09. The van der Waals surface area contributed by atoms with Crippen molar-refractivity contribution in [3.05, 3.63) is 12.8 Å². The van der Waals surface area contributed by atoms with Crippen molar-refractivity contribution in [2.75, 3.05) is 6.54 Å². The predicted molar refractivity (Wildman–Crippen MR) is 54.2 cm³/mol. The van der Waals surface area contributed by atoms with E-state index in [2.05, 4.69) is 13.5 Å². The predicted octanol–water partition coefficient (Wildman–Crippen LogP) is 2.56. The molecule has 0 spiro atoms. The standard InChI is InChI=1S/C11H19NO/c1-3-6-10-7-5-8-12(4-2)11(13)9-10/h4,10H,2-3,5-9H2,1H3. The fourth-order valence-electron chi connectivity index (χ4n) is 1.99. The molecule has 1 aliphatic heterocycles. The molecule has 1 amide bonds. The van der Waals surface area contributed by atoms with Crippen molar-refractivity contribution in [3.63, 3.8) is 0 Å². The van der Waals surface area contributed by atoms with Crippen molar-refractivity contribution in [3.8, 4) is 0 Å². The molecule has 1 fully saturated rings. The van der Waals surface area contributed by atoms with Gasteiger partial charge < -0.3 is 4.90 Å². The third kappa shape index (κ3) is 2.87. The Morgan fingerprint density at radius 2 is 2.46 bits per heavy atom. The number of amides is 1. The molecule has 1 rings (SSSR count). The van der Waals surface area contributed by atoms with E-state index < -0.39 is 0 Å². The van der Waals surface area contributed by atoms with Crippen LogP contribution in [0.15, 0.2) is 12.8 Å². The van der Waals surface area contributed by atoms with Crippen LogP contribution in [-0.4, -0.2) is 17.4 Å². The molecule has 0 aromatic heterocycles. The first kappa shape index (κ1) is 10.3. The molecule has 1 unspecified atom stereocenters. The summed E-state index contributed by atoms with van der Waals surface area (Å²) in [5, 5.41) is 0. The summed E-state index contributed by atoms with van der Waals surface area (Å²) in [4.78, 5) is 13.3. The van der Waals surface area contributed by atoms with Crippen LogP contribution in [0, 0.1) is 5.92 Å². The lowest BCUT2D eigenvalue weighted by molar-refractivity contribution is -0.128. The maximum Gasteiger partial charge on any atom is 0.226 e. The van der Waals surface area contributed by atoms with E-state index in [0.29, 0.717) is 5.92 Å². The Morgan fingerprint density at radius 1 is 1.69 bits per heavy atom. The van der Waals surface area contributed by atoms with Gasteiger partial charge in [0, 0.05) is 13.0 Å². The van der Waals surface area contributed by atoms with Crippen LogP contribution in [0.25, 0.3) is 0 Å². The van der Waals surface area contributed by atoms with E-state index in [1.807, 2.05) is 0 Å². The molecule has 0 aliphatic carbocycles. The van der Waals surface area contributed by atoms with E-state index in [9.17, 15) is 4.79 Å². The first-order valence-corrected chi connectivity index (χ1v) is 5.20. The van der Waals surface area contributed by atoms with Crippen LogP contribution in [0.2, 0.25) is 0 Å². The summed E-state index contributed by atoms with van der Waals surface area (Å²) in [5.74, 6) is 0.869. The molecule has 1 aliphatic rings. The van der Waals surface area contributed by atoms with E-state index in [4.69, 9.17) is 0 Å². The number of nitrogens with zero attached hydrogens (tertiary/aromatic N) is 1.